The predicted molar refractivity (Wildman–Crippen MR) is 114 cm³/mol. The highest BCUT2D eigenvalue weighted by atomic mass is 35.5. The van der Waals surface area contributed by atoms with Crippen LogP contribution >= 0.6 is 11.6 Å². The van der Waals surface area contributed by atoms with E-state index in [0.717, 1.165) is 5.39 Å². The van der Waals surface area contributed by atoms with Gasteiger partial charge in [-0.3, -0.25) is 4.79 Å². The molecule has 152 valence electrons. The fourth-order valence-electron chi connectivity index (χ4n) is 3.33. The molecule has 1 aliphatic rings. The number of carbonyl (C=O) groups is 1. The number of aromatic nitrogens is 1. The first-order valence-corrected chi connectivity index (χ1v) is 11.0. The molecule has 7 nitrogen and oxygen atoms in total. The number of para-hydroxylation sites is 1. The van der Waals surface area contributed by atoms with Crippen LogP contribution in [0.5, 0.6) is 0 Å². The normalized spacial score (nSPS) is 16.2. The van der Waals surface area contributed by atoms with Gasteiger partial charge in [-0.1, -0.05) is 23.7 Å². The SMILES string of the molecule is CN1CCN(S(=O)(=O)c2ccc(NC(=O)c3cc4cccc(Cl)c4[nH]3)cc2)CC1. The van der Waals surface area contributed by atoms with Crippen molar-refractivity contribution in [3.8, 4) is 0 Å². The zero-order valence-electron chi connectivity index (χ0n) is 15.9. The van der Waals surface area contributed by atoms with Gasteiger partial charge in [0.2, 0.25) is 10.0 Å². The number of H-pyrrole nitrogens is 1. The van der Waals surface area contributed by atoms with Gasteiger partial charge in [-0.25, -0.2) is 8.42 Å². The zero-order chi connectivity index (χ0) is 20.6. The van der Waals surface area contributed by atoms with Crippen LogP contribution in [0.1, 0.15) is 10.5 Å². The predicted octanol–water partition coefficient (Wildman–Crippen LogP) is 3.01. The summed E-state index contributed by atoms with van der Waals surface area (Å²) in [5.74, 6) is -0.327. The van der Waals surface area contributed by atoms with Gasteiger partial charge in [-0.05, 0) is 43.4 Å². The molecule has 0 radical (unpaired) electrons. The molecule has 2 N–H and O–H groups in total. The third-order valence-electron chi connectivity index (χ3n) is 5.06. The highest BCUT2D eigenvalue weighted by molar-refractivity contribution is 7.89. The monoisotopic (exact) mass is 432 g/mol. The van der Waals surface area contributed by atoms with Gasteiger partial charge in [-0.2, -0.15) is 4.31 Å². The van der Waals surface area contributed by atoms with Gasteiger partial charge in [0.1, 0.15) is 5.69 Å². The van der Waals surface area contributed by atoms with Crippen LogP contribution in [0.25, 0.3) is 10.9 Å². The van der Waals surface area contributed by atoms with Crippen molar-refractivity contribution in [1.82, 2.24) is 14.2 Å². The van der Waals surface area contributed by atoms with Gasteiger partial charge >= 0.3 is 0 Å². The van der Waals surface area contributed by atoms with Crippen LogP contribution in [-0.4, -0.2) is 61.7 Å². The van der Waals surface area contributed by atoms with Gasteiger partial charge in [-0.15, -0.1) is 0 Å². The summed E-state index contributed by atoms with van der Waals surface area (Å²) in [6.07, 6.45) is 0. The molecule has 4 rings (SSSR count). The van der Waals surface area contributed by atoms with Crippen molar-refractivity contribution < 1.29 is 13.2 Å². The van der Waals surface area contributed by atoms with Crippen molar-refractivity contribution in [3.63, 3.8) is 0 Å². The summed E-state index contributed by atoms with van der Waals surface area (Å²) < 4.78 is 27.1. The topological polar surface area (TPSA) is 85.5 Å². The summed E-state index contributed by atoms with van der Waals surface area (Å²) in [4.78, 5) is 17.9. The lowest BCUT2D eigenvalue weighted by molar-refractivity contribution is 0.102. The standard InChI is InChI=1S/C20H21ClN4O3S/c1-24-9-11-25(12-10-24)29(27,28)16-7-5-15(6-8-16)22-20(26)18-13-14-3-2-4-17(21)19(14)23-18/h2-8,13,23H,9-12H2,1H3,(H,22,26). The van der Waals surface area contributed by atoms with Crippen LogP contribution < -0.4 is 5.32 Å². The van der Waals surface area contributed by atoms with Gasteiger partial charge in [0.15, 0.2) is 0 Å². The number of hydrogen-bond donors (Lipinski definition) is 2. The van der Waals surface area contributed by atoms with E-state index in [9.17, 15) is 13.2 Å². The molecule has 0 aliphatic carbocycles. The summed E-state index contributed by atoms with van der Waals surface area (Å²) in [5.41, 5.74) is 1.59. The maximum absolute atomic E-state index is 12.8. The Labute approximate surface area is 174 Å². The maximum atomic E-state index is 12.8. The molecule has 2 heterocycles. The molecule has 0 atom stereocenters. The van der Waals surface area contributed by atoms with Crippen molar-refractivity contribution in [2.45, 2.75) is 4.90 Å². The van der Waals surface area contributed by atoms with Crippen LogP contribution in [0.15, 0.2) is 53.4 Å². The van der Waals surface area contributed by atoms with Gasteiger partial charge < -0.3 is 15.2 Å². The molecule has 0 bridgehead atoms. The maximum Gasteiger partial charge on any atom is 0.272 e. The van der Waals surface area contributed by atoms with Crippen molar-refractivity contribution in [2.24, 2.45) is 0 Å². The molecule has 3 aromatic rings. The molecule has 0 saturated carbocycles. The highest BCUT2D eigenvalue weighted by Crippen LogP contribution is 2.24. The quantitative estimate of drug-likeness (QED) is 0.663. The minimum atomic E-state index is -3.53. The number of anilines is 1. The number of aromatic amines is 1. The third kappa shape index (κ3) is 4.02. The molecular weight excluding hydrogens is 412 g/mol. The number of rotatable bonds is 4. The third-order valence-corrected chi connectivity index (χ3v) is 7.29. The van der Waals surface area contributed by atoms with Crippen molar-refractivity contribution in [3.05, 3.63) is 59.2 Å². The lowest BCUT2D eigenvalue weighted by Crippen LogP contribution is -2.46. The second kappa shape index (κ2) is 7.79. The van der Waals surface area contributed by atoms with Gasteiger partial charge in [0.05, 0.1) is 15.4 Å². The molecule has 29 heavy (non-hydrogen) atoms. The molecule has 2 aromatic carbocycles. The first-order chi connectivity index (χ1) is 13.8. The molecule has 1 amide bonds. The van der Waals surface area contributed by atoms with E-state index in [2.05, 4.69) is 15.2 Å². The number of amides is 1. The molecular formula is C20H21ClN4O3S. The Morgan fingerprint density at radius 3 is 2.41 bits per heavy atom. The van der Waals surface area contributed by atoms with Crippen molar-refractivity contribution >= 4 is 44.1 Å². The second-order valence-electron chi connectivity index (χ2n) is 7.07. The van der Waals surface area contributed by atoms with E-state index in [4.69, 9.17) is 11.6 Å². The number of halogens is 1. The highest BCUT2D eigenvalue weighted by Gasteiger charge is 2.27. The Hall–Kier alpha value is -2.39. The molecule has 1 aromatic heterocycles. The van der Waals surface area contributed by atoms with Gasteiger partial charge in [0.25, 0.3) is 5.91 Å². The smallest absolute Gasteiger partial charge is 0.272 e. The minimum Gasteiger partial charge on any atom is -0.349 e. The number of carbonyl (C=O) groups excluding carboxylic acids is 1. The number of nitrogens with zero attached hydrogens (tertiary/aromatic N) is 2. The van der Waals surface area contributed by atoms with Crippen molar-refractivity contribution in [1.29, 1.82) is 0 Å². The summed E-state index contributed by atoms with van der Waals surface area (Å²) in [6, 6.07) is 13.4. The van der Waals surface area contributed by atoms with Crippen LogP contribution in [0, 0.1) is 0 Å². The Bertz CT molecular complexity index is 1150. The summed E-state index contributed by atoms with van der Waals surface area (Å²) >= 11 is 6.14. The Morgan fingerprint density at radius 1 is 1.07 bits per heavy atom. The molecule has 0 spiro atoms. The van der Waals surface area contributed by atoms with E-state index in [1.54, 1.807) is 24.3 Å². The summed E-state index contributed by atoms with van der Waals surface area (Å²) in [7, 11) is -1.56. The van der Waals surface area contributed by atoms with E-state index in [1.165, 1.54) is 16.4 Å². The number of likely N-dealkylation sites (N-methyl/N-ethyl adjacent to an activating group) is 1. The van der Waals surface area contributed by atoms with E-state index in [0.29, 0.717) is 48.1 Å². The second-order valence-corrected chi connectivity index (χ2v) is 9.42. The average molecular weight is 433 g/mol. The average Bonchev–Trinajstić information content (AvgIpc) is 3.15. The first-order valence-electron chi connectivity index (χ1n) is 9.22. The number of hydrogen-bond acceptors (Lipinski definition) is 4. The van der Waals surface area contributed by atoms with Crippen LogP contribution in [0.4, 0.5) is 5.69 Å². The summed E-state index contributed by atoms with van der Waals surface area (Å²) in [6.45, 7) is 2.37. The van der Waals surface area contributed by atoms with E-state index in [1.807, 2.05) is 19.2 Å². The van der Waals surface area contributed by atoms with Crippen LogP contribution in [-0.2, 0) is 10.0 Å². The van der Waals surface area contributed by atoms with E-state index < -0.39 is 10.0 Å². The Morgan fingerprint density at radius 2 is 1.76 bits per heavy atom. The lowest BCUT2D eigenvalue weighted by Gasteiger charge is -2.31. The minimum absolute atomic E-state index is 0.220. The largest absolute Gasteiger partial charge is 0.349 e. The van der Waals surface area contributed by atoms with Crippen LogP contribution in [0.3, 0.4) is 0 Å². The molecule has 0 unspecified atom stereocenters. The molecule has 1 aliphatic heterocycles. The molecule has 9 heteroatoms. The Kier molecular flexibility index (Phi) is 5.35. The molecule has 1 fully saturated rings. The van der Waals surface area contributed by atoms with E-state index >= 15 is 0 Å². The number of piperazine rings is 1. The first kappa shape index (κ1) is 19.9. The number of fused-ring (bicyclic) bond motifs is 1. The lowest BCUT2D eigenvalue weighted by atomic mass is 10.2. The zero-order valence-corrected chi connectivity index (χ0v) is 17.4. The van der Waals surface area contributed by atoms with E-state index in [-0.39, 0.29) is 10.8 Å². The number of benzene rings is 2. The fourth-order valence-corrected chi connectivity index (χ4v) is 4.98. The number of sulfonamides is 1. The summed E-state index contributed by atoms with van der Waals surface area (Å²) in [5, 5.41) is 4.16. The Balaban J connectivity index is 1.49. The van der Waals surface area contributed by atoms with Crippen LogP contribution in [0.2, 0.25) is 5.02 Å². The fraction of sp³-hybridized carbons (Fsp3) is 0.250. The van der Waals surface area contributed by atoms with Gasteiger partial charge in [0, 0.05) is 37.3 Å². The number of nitrogens with one attached hydrogen (secondary N) is 2. The molecule has 1 saturated heterocycles. The van der Waals surface area contributed by atoms with Crippen molar-refractivity contribution in [2.75, 3.05) is 38.5 Å².